The Bertz CT molecular complexity index is 997. The number of para-hydroxylation sites is 1. The predicted molar refractivity (Wildman–Crippen MR) is 125 cm³/mol. The van der Waals surface area contributed by atoms with Crippen LogP contribution in [0.3, 0.4) is 0 Å². The van der Waals surface area contributed by atoms with Crippen LogP contribution in [0.1, 0.15) is 16.8 Å². The number of likely N-dealkylation sites (N-methyl/N-ethyl adjacent to an activating group) is 1. The van der Waals surface area contributed by atoms with E-state index in [9.17, 15) is 4.79 Å². The monoisotopic (exact) mass is 430 g/mol. The summed E-state index contributed by atoms with van der Waals surface area (Å²) in [5.74, 6) is 0.884. The highest BCUT2D eigenvalue weighted by Gasteiger charge is 2.32. The Labute approximate surface area is 189 Å². The van der Waals surface area contributed by atoms with Crippen molar-refractivity contribution < 1.29 is 9.53 Å². The Morgan fingerprint density at radius 2 is 1.78 bits per heavy atom. The Hall–Kier alpha value is -3.22. The molecule has 166 valence electrons. The van der Waals surface area contributed by atoms with Gasteiger partial charge in [-0.25, -0.2) is 0 Å². The van der Waals surface area contributed by atoms with Crippen molar-refractivity contribution in [3.05, 3.63) is 95.8 Å². The summed E-state index contributed by atoms with van der Waals surface area (Å²) in [6.45, 7) is 4.37. The average Bonchev–Trinajstić information content (AvgIpc) is 2.85. The fourth-order valence-electron chi connectivity index (χ4n) is 4.10. The van der Waals surface area contributed by atoms with E-state index in [4.69, 9.17) is 4.74 Å². The summed E-state index contributed by atoms with van der Waals surface area (Å²) in [4.78, 5) is 21.7. The van der Waals surface area contributed by atoms with Gasteiger partial charge in [0.05, 0.1) is 5.69 Å². The number of rotatable bonds is 8. The van der Waals surface area contributed by atoms with Crippen molar-refractivity contribution in [3.63, 3.8) is 0 Å². The number of piperazine rings is 1. The van der Waals surface area contributed by atoms with Crippen molar-refractivity contribution in [3.8, 4) is 5.75 Å². The first-order valence-electron chi connectivity index (χ1n) is 11.1. The molecule has 1 atom stereocenters. The number of carbonyl (C=O) groups is 1. The Kier molecular flexibility index (Phi) is 7.48. The Morgan fingerprint density at radius 1 is 1.00 bits per heavy atom. The van der Waals surface area contributed by atoms with Gasteiger partial charge in [-0.15, -0.1) is 0 Å². The second-order valence-electron chi connectivity index (χ2n) is 8.04. The number of aromatic nitrogens is 1. The lowest BCUT2D eigenvalue weighted by Gasteiger charge is -2.40. The van der Waals surface area contributed by atoms with Crippen molar-refractivity contribution in [1.29, 1.82) is 0 Å². The molecule has 3 aromatic rings. The van der Waals surface area contributed by atoms with E-state index in [1.165, 1.54) is 5.56 Å². The first-order valence-corrected chi connectivity index (χ1v) is 11.1. The fraction of sp³-hybridized carbons (Fsp3) is 0.308. The maximum atomic E-state index is 12.7. The van der Waals surface area contributed by atoms with Gasteiger partial charge in [-0.3, -0.25) is 19.6 Å². The van der Waals surface area contributed by atoms with E-state index in [-0.39, 0.29) is 11.9 Å². The van der Waals surface area contributed by atoms with E-state index in [1.54, 1.807) is 13.2 Å². The van der Waals surface area contributed by atoms with Gasteiger partial charge in [-0.2, -0.15) is 0 Å². The number of hydrogen-bond donors (Lipinski definition) is 1. The van der Waals surface area contributed by atoms with Crippen LogP contribution >= 0.6 is 0 Å². The number of carbonyl (C=O) groups excluding carboxylic acids is 1. The van der Waals surface area contributed by atoms with Crippen LogP contribution in [0.15, 0.2) is 79.0 Å². The molecule has 0 bridgehead atoms. The van der Waals surface area contributed by atoms with Crippen LogP contribution in [0.25, 0.3) is 0 Å². The molecule has 6 heteroatoms. The zero-order valence-electron chi connectivity index (χ0n) is 18.5. The third-order valence-electron chi connectivity index (χ3n) is 5.82. The average molecular weight is 431 g/mol. The van der Waals surface area contributed by atoms with Crippen LogP contribution in [0, 0.1) is 0 Å². The largest absolute Gasteiger partial charge is 0.487 e. The molecule has 2 heterocycles. The molecule has 0 spiro atoms. The topological polar surface area (TPSA) is 57.7 Å². The van der Waals surface area contributed by atoms with E-state index in [0.29, 0.717) is 19.7 Å². The number of nitrogens with one attached hydrogen (secondary N) is 1. The maximum Gasteiger partial charge on any atom is 0.238 e. The van der Waals surface area contributed by atoms with Crippen LogP contribution < -0.4 is 10.1 Å². The van der Waals surface area contributed by atoms with E-state index in [2.05, 4.69) is 50.4 Å². The third kappa shape index (κ3) is 5.72. The van der Waals surface area contributed by atoms with Gasteiger partial charge in [0.25, 0.3) is 0 Å². The molecule has 4 rings (SSSR count). The highest BCUT2D eigenvalue weighted by atomic mass is 16.5. The first kappa shape index (κ1) is 22.0. The fourth-order valence-corrected chi connectivity index (χ4v) is 4.10. The van der Waals surface area contributed by atoms with Crippen molar-refractivity contribution in [2.75, 3.05) is 26.7 Å². The van der Waals surface area contributed by atoms with Gasteiger partial charge in [0, 0.05) is 51.5 Å². The first-order chi connectivity index (χ1) is 15.7. The van der Waals surface area contributed by atoms with E-state index in [0.717, 1.165) is 36.6 Å². The van der Waals surface area contributed by atoms with Crippen molar-refractivity contribution >= 4 is 5.91 Å². The molecule has 1 aliphatic heterocycles. The van der Waals surface area contributed by atoms with Crippen molar-refractivity contribution in [2.45, 2.75) is 25.7 Å². The van der Waals surface area contributed by atoms with Crippen molar-refractivity contribution in [2.24, 2.45) is 0 Å². The quantitative estimate of drug-likeness (QED) is 0.595. The van der Waals surface area contributed by atoms with Crippen LogP contribution in [0.5, 0.6) is 5.75 Å². The minimum atomic E-state index is -0.207. The lowest BCUT2D eigenvalue weighted by atomic mass is 10.1. The summed E-state index contributed by atoms with van der Waals surface area (Å²) in [7, 11) is 1.71. The minimum Gasteiger partial charge on any atom is -0.487 e. The summed E-state index contributed by atoms with van der Waals surface area (Å²) < 4.78 is 6.09. The highest BCUT2D eigenvalue weighted by molar-refractivity contribution is 5.81. The molecule has 6 nitrogen and oxygen atoms in total. The molecule has 2 aromatic carbocycles. The molecule has 0 saturated carbocycles. The molecule has 1 aliphatic rings. The lowest BCUT2D eigenvalue weighted by Crippen LogP contribution is -2.57. The summed E-state index contributed by atoms with van der Waals surface area (Å²) in [5, 5.41) is 2.85. The van der Waals surface area contributed by atoms with Gasteiger partial charge in [0.2, 0.25) is 5.91 Å². The van der Waals surface area contributed by atoms with Crippen molar-refractivity contribution in [1.82, 2.24) is 20.1 Å². The normalized spacial score (nSPS) is 17.1. The van der Waals surface area contributed by atoms with Crippen LogP contribution in [0.2, 0.25) is 0 Å². The predicted octanol–water partition coefficient (Wildman–Crippen LogP) is 3.09. The molecule has 1 unspecified atom stereocenters. The summed E-state index contributed by atoms with van der Waals surface area (Å²) >= 11 is 0. The Balaban J connectivity index is 1.44. The molecule has 0 aliphatic carbocycles. The number of ether oxygens (including phenoxy) is 1. The third-order valence-corrected chi connectivity index (χ3v) is 5.82. The van der Waals surface area contributed by atoms with Gasteiger partial charge >= 0.3 is 0 Å². The smallest absolute Gasteiger partial charge is 0.238 e. The highest BCUT2D eigenvalue weighted by Crippen LogP contribution is 2.24. The van der Waals surface area contributed by atoms with E-state index < -0.39 is 0 Å². The molecule has 0 radical (unpaired) electrons. The number of hydrogen-bond acceptors (Lipinski definition) is 5. The number of amides is 1. The summed E-state index contributed by atoms with van der Waals surface area (Å²) in [5.41, 5.74) is 3.23. The maximum absolute atomic E-state index is 12.7. The van der Waals surface area contributed by atoms with Crippen LogP contribution in [-0.4, -0.2) is 53.4 Å². The van der Waals surface area contributed by atoms with Crippen LogP contribution in [-0.2, 0) is 24.5 Å². The zero-order chi connectivity index (χ0) is 22.2. The molecule has 1 aromatic heterocycles. The molecular weight excluding hydrogens is 400 g/mol. The zero-order valence-corrected chi connectivity index (χ0v) is 18.5. The minimum absolute atomic E-state index is 0.0506. The second-order valence-corrected chi connectivity index (χ2v) is 8.04. The molecule has 1 saturated heterocycles. The van der Waals surface area contributed by atoms with Crippen LogP contribution in [0.4, 0.5) is 0 Å². The number of pyridine rings is 1. The van der Waals surface area contributed by atoms with Gasteiger partial charge in [-0.05, 0) is 23.8 Å². The lowest BCUT2D eigenvalue weighted by molar-refractivity contribution is -0.128. The van der Waals surface area contributed by atoms with E-state index >= 15 is 0 Å². The van der Waals surface area contributed by atoms with Gasteiger partial charge in [-0.1, -0.05) is 54.6 Å². The van der Waals surface area contributed by atoms with Gasteiger partial charge in [0.1, 0.15) is 18.4 Å². The molecule has 1 N–H and O–H groups in total. The molecule has 32 heavy (non-hydrogen) atoms. The second kappa shape index (κ2) is 10.9. The standard InChI is InChI=1S/C26H30N4O2/c1-27-26(31)24-19-29(17-21-9-3-2-4-10-21)15-16-30(24)18-22-11-5-6-13-25(22)32-20-23-12-7-8-14-28-23/h2-14,24H,15-20H2,1H3,(H,27,31). The summed E-state index contributed by atoms with van der Waals surface area (Å²) in [6.07, 6.45) is 1.77. The van der Waals surface area contributed by atoms with Gasteiger partial charge in [0.15, 0.2) is 0 Å². The molecular formula is C26H30N4O2. The number of benzene rings is 2. The molecule has 1 fully saturated rings. The SMILES string of the molecule is CNC(=O)C1CN(Cc2ccccc2)CCN1Cc1ccccc1OCc1ccccn1. The molecule has 1 amide bonds. The Morgan fingerprint density at radius 3 is 2.56 bits per heavy atom. The van der Waals surface area contributed by atoms with E-state index in [1.807, 2.05) is 42.5 Å². The number of nitrogens with zero attached hydrogens (tertiary/aromatic N) is 3. The summed E-state index contributed by atoms with van der Waals surface area (Å²) in [6, 6.07) is 24.1. The van der Waals surface area contributed by atoms with Gasteiger partial charge < -0.3 is 10.1 Å².